The van der Waals surface area contributed by atoms with Gasteiger partial charge in [0, 0.05) is 32.3 Å². The minimum atomic E-state index is 0.519. The number of methoxy groups -OCH3 is 1. The maximum absolute atomic E-state index is 5.39. The lowest BCUT2D eigenvalue weighted by Crippen LogP contribution is -2.48. The number of likely N-dealkylation sites (tertiary alicyclic amines) is 1. The molecule has 3 aliphatic heterocycles. The molecule has 16 heavy (non-hydrogen) atoms. The second-order valence-electron chi connectivity index (χ2n) is 5.17. The van der Waals surface area contributed by atoms with Gasteiger partial charge in [-0.2, -0.15) is 0 Å². The minimum Gasteiger partial charge on any atom is -0.379 e. The van der Waals surface area contributed by atoms with Crippen molar-refractivity contribution in [3.05, 3.63) is 0 Å². The predicted molar refractivity (Wildman–Crippen MR) is 63.7 cm³/mol. The molecule has 0 aliphatic carbocycles. The van der Waals surface area contributed by atoms with Crippen LogP contribution in [0.15, 0.2) is 0 Å². The monoisotopic (exact) mass is 228 g/mol. The van der Waals surface area contributed by atoms with Gasteiger partial charge < -0.3 is 14.4 Å². The zero-order valence-electron chi connectivity index (χ0n) is 10.7. The lowest BCUT2D eigenvalue weighted by atomic mass is 10.2. The highest BCUT2D eigenvalue weighted by Crippen LogP contribution is 2.26. The van der Waals surface area contributed by atoms with Gasteiger partial charge in [0.2, 0.25) is 0 Å². The van der Waals surface area contributed by atoms with Crippen LogP contribution in [0.2, 0.25) is 0 Å². The topological polar surface area (TPSA) is 24.9 Å². The molecule has 4 nitrogen and oxygen atoms in total. The molecule has 0 aromatic heterocycles. The maximum Gasteiger partial charge on any atom is 0.0824 e. The average molecular weight is 228 g/mol. The molecule has 0 saturated carbocycles. The molecule has 0 spiro atoms. The van der Waals surface area contributed by atoms with Crippen molar-refractivity contribution in [2.24, 2.45) is 0 Å². The SMILES string of the molecule is CN1C2CCC1COC2.COC1CN(C)C1. The highest BCUT2D eigenvalue weighted by molar-refractivity contribution is 4.88. The summed E-state index contributed by atoms with van der Waals surface area (Å²) in [6.45, 7) is 4.15. The zero-order chi connectivity index (χ0) is 11.5. The molecule has 0 aromatic carbocycles. The summed E-state index contributed by atoms with van der Waals surface area (Å²) in [5.41, 5.74) is 0. The van der Waals surface area contributed by atoms with Crippen molar-refractivity contribution in [2.45, 2.75) is 31.0 Å². The van der Waals surface area contributed by atoms with E-state index in [2.05, 4.69) is 23.9 Å². The molecule has 3 saturated heterocycles. The molecule has 0 N–H and O–H groups in total. The molecular weight excluding hydrogens is 204 g/mol. The summed E-state index contributed by atoms with van der Waals surface area (Å²) in [7, 11) is 6.07. The number of rotatable bonds is 1. The number of fused-ring (bicyclic) bond motifs is 2. The van der Waals surface area contributed by atoms with E-state index in [1.807, 2.05) is 0 Å². The van der Waals surface area contributed by atoms with Crippen molar-refractivity contribution in [1.82, 2.24) is 9.80 Å². The van der Waals surface area contributed by atoms with Crippen LogP contribution in [0, 0.1) is 0 Å². The molecule has 0 aromatic rings. The first-order chi connectivity index (χ1) is 7.70. The summed E-state index contributed by atoms with van der Waals surface area (Å²) >= 11 is 0. The van der Waals surface area contributed by atoms with E-state index in [9.17, 15) is 0 Å². The van der Waals surface area contributed by atoms with E-state index in [-0.39, 0.29) is 0 Å². The Kier molecular flexibility index (Phi) is 4.19. The lowest BCUT2D eigenvalue weighted by Gasteiger charge is -2.34. The number of hydrogen-bond donors (Lipinski definition) is 0. The highest BCUT2D eigenvalue weighted by Gasteiger charge is 2.34. The fourth-order valence-corrected chi connectivity index (χ4v) is 2.62. The third-order valence-corrected chi connectivity index (χ3v) is 3.97. The van der Waals surface area contributed by atoms with Gasteiger partial charge in [-0.05, 0) is 26.9 Å². The van der Waals surface area contributed by atoms with Crippen LogP contribution < -0.4 is 0 Å². The maximum atomic E-state index is 5.39. The smallest absolute Gasteiger partial charge is 0.0824 e. The van der Waals surface area contributed by atoms with Crippen molar-refractivity contribution in [3.8, 4) is 0 Å². The van der Waals surface area contributed by atoms with Gasteiger partial charge in [-0.15, -0.1) is 0 Å². The number of hydrogen-bond acceptors (Lipinski definition) is 4. The van der Waals surface area contributed by atoms with Gasteiger partial charge in [-0.25, -0.2) is 0 Å². The Balaban J connectivity index is 0.000000125. The summed E-state index contributed by atoms with van der Waals surface area (Å²) in [6, 6.07) is 1.48. The van der Waals surface area contributed by atoms with E-state index in [1.165, 1.54) is 12.8 Å². The number of likely N-dealkylation sites (N-methyl/N-ethyl adjacent to an activating group) is 2. The average Bonchev–Trinajstić information content (AvgIpc) is 2.50. The molecule has 3 rings (SSSR count). The largest absolute Gasteiger partial charge is 0.379 e. The third kappa shape index (κ3) is 2.74. The Morgan fingerprint density at radius 2 is 1.62 bits per heavy atom. The summed E-state index contributed by atoms with van der Waals surface area (Å²) in [5.74, 6) is 0. The van der Waals surface area contributed by atoms with Gasteiger partial charge in [-0.3, -0.25) is 4.90 Å². The molecule has 2 bridgehead atoms. The number of ether oxygens (including phenoxy) is 2. The van der Waals surface area contributed by atoms with Gasteiger partial charge in [0.1, 0.15) is 0 Å². The first-order valence-electron chi connectivity index (χ1n) is 6.21. The molecule has 2 unspecified atom stereocenters. The standard InChI is InChI=1S/C7H13NO.C5H11NO/c1-8-6-2-3-7(8)5-9-4-6;1-6-3-5(4-6)7-2/h6-7H,2-5H2,1H3;5H,3-4H2,1-2H3. The first-order valence-corrected chi connectivity index (χ1v) is 6.21. The molecule has 4 heteroatoms. The van der Waals surface area contributed by atoms with Gasteiger partial charge in [0.05, 0.1) is 19.3 Å². The molecule has 3 fully saturated rings. The van der Waals surface area contributed by atoms with Crippen molar-refractivity contribution < 1.29 is 9.47 Å². The van der Waals surface area contributed by atoms with Gasteiger partial charge >= 0.3 is 0 Å². The predicted octanol–water partition coefficient (Wildman–Crippen LogP) is 0.426. The summed E-state index contributed by atoms with van der Waals surface area (Å²) in [6.07, 6.45) is 3.22. The Bertz CT molecular complexity index is 203. The molecule has 0 radical (unpaired) electrons. The van der Waals surface area contributed by atoms with E-state index in [0.29, 0.717) is 6.10 Å². The molecule has 2 atom stereocenters. The highest BCUT2D eigenvalue weighted by atomic mass is 16.5. The van der Waals surface area contributed by atoms with Crippen molar-refractivity contribution in [2.75, 3.05) is 47.5 Å². The van der Waals surface area contributed by atoms with Crippen LogP contribution in [0.3, 0.4) is 0 Å². The van der Waals surface area contributed by atoms with Crippen LogP contribution in [0.5, 0.6) is 0 Å². The fourth-order valence-electron chi connectivity index (χ4n) is 2.62. The second-order valence-corrected chi connectivity index (χ2v) is 5.17. The molecule has 3 aliphatic rings. The van der Waals surface area contributed by atoms with Crippen molar-refractivity contribution >= 4 is 0 Å². The molecule has 94 valence electrons. The van der Waals surface area contributed by atoms with E-state index >= 15 is 0 Å². The molecule has 3 heterocycles. The van der Waals surface area contributed by atoms with Crippen LogP contribution in [-0.4, -0.2) is 75.5 Å². The normalized spacial score (nSPS) is 35.4. The van der Waals surface area contributed by atoms with Crippen LogP contribution in [0.4, 0.5) is 0 Å². The lowest BCUT2D eigenvalue weighted by molar-refractivity contribution is -0.0155. The van der Waals surface area contributed by atoms with Gasteiger partial charge in [0.25, 0.3) is 0 Å². The number of morpholine rings is 1. The third-order valence-electron chi connectivity index (χ3n) is 3.97. The van der Waals surface area contributed by atoms with Crippen molar-refractivity contribution in [3.63, 3.8) is 0 Å². The Labute approximate surface area is 98.5 Å². The van der Waals surface area contributed by atoms with Gasteiger partial charge in [0.15, 0.2) is 0 Å². The summed E-state index contributed by atoms with van der Waals surface area (Å²) in [5, 5.41) is 0. The second kappa shape index (κ2) is 5.45. The fraction of sp³-hybridized carbons (Fsp3) is 1.00. The van der Waals surface area contributed by atoms with E-state index in [1.54, 1.807) is 7.11 Å². The van der Waals surface area contributed by atoms with E-state index in [4.69, 9.17) is 9.47 Å². The number of nitrogens with zero attached hydrogens (tertiary/aromatic N) is 2. The van der Waals surface area contributed by atoms with E-state index in [0.717, 1.165) is 38.4 Å². The molecular formula is C12H24N2O2. The Morgan fingerprint density at radius 1 is 1.06 bits per heavy atom. The summed E-state index contributed by atoms with van der Waals surface area (Å²) < 4.78 is 10.4. The van der Waals surface area contributed by atoms with Crippen LogP contribution in [0.1, 0.15) is 12.8 Å². The van der Waals surface area contributed by atoms with Crippen LogP contribution in [-0.2, 0) is 9.47 Å². The van der Waals surface area contributed by atoms with Crippen LogP contribution >= 0.6 is 0 Å². The quantitative estimate of drug-likeness (QED) is 0.649. The minimum absolute atomic E-state index is 0.519. The Hall–Kier alpha value is -0.160. The summed E-state index contributed by atoms with van der Waals surface area (Å²) in [4.78, 5) is 4.69. The van der Waals surface area contributed by atoms with E-state index < -0.39 is 0 Å². The van der Waals surface area contributed by atoms with Gasteiger partial charge in [-0.1, -0.05) is 0 Å². The Morgan fingerprint density at radius 3 is 1.94 bits per heavy atom. The van der Waals surface area contributed by atoms with Crippen molar-refractivity contribution in [1.29, 1.82) is 0 Å². The molecule has 0 amide bonds. The zero-order valence-corrected chi connectivity index (χ0v) is 10.7. The van der Waals surface area contributed by atoms with Crippen LogP contribution in [0.25, 0.3) is 0 Å². The first kappa shape index (κ1) is 12.3.